The van der Waals surface area contributed by atoms with Crippen LogP contribution in [0.25, 0.3) is 6.08 Å². The zero-order valence-corrected chi connectivity index (χ0v) is 17.5. The molecule has 8 heteroatoms. The summed E-state index contributed by atoms with van der Waals surface area (Å²) in [4.78, 5) is 20.5. The van der Waals surface area contributed by atoms with Crippen LogP contribution in [0.5, 0.6) is 0 Å². The number of hydrogen-bond donors (Lipinski definition) is 1. The van der Waals surface area contributed by atoms with E-state index in [4.69, 9.17) is 14.0 Å². The SMILES string of the molecule is Cc1ncc(C=C(CNC(=O)OC(C)(C)C)B2OC(C)(C)C(C)(C)O2)cn1. The van der Waals surface area contributed by atoms with Crippen molar-refractivity contribution in [1.82, 2.24) is 15.3 Å². The van der Waals surface area contributed by atoms with Crippen LogP contribution in [0.3, 0.4) is 0 Å². The molecule has 1 fully saturated rings. The van der Waals surface area contributed by atoms with Crippen molar-refractivity contribution in [2.75, 3.05) is 6.54 Å². The van der Waals surface area contributed by atoms with Crippen LogP contribution in [0.1, 0.15) is 59.9 Å². The lowest BCUT2D eigenvalue weighted by Gasteiger charge is -2.32. The van der Waals surface area contributed by atoms with Crippen molar-refractivity contribution in [3.63, 3.8) is 0 Å². The molecular formula is C19H30BN3O4. The molecule has 7 nitrogen and oxygen atoms in total. The molecule has 0 aromatic carbocycles. The summed E-state index contributed by atoms with van der Waals surface area (Å²) in [5.74, 6) is 0.691. The molecule has 0 spiro atoms. The molecule has 2 rings (SSSR count). The number of ether oxygens (including phenoxy) is 1. The molecular weight excluding hydrogens is 345 g/mol. The molecule has 0 bridgehead atoms. The van der Waals surface area contributed by atoms with Crippen LogP contribution >= 0.6 is 0 Å². The summed E-state index contributed by atoms with van der Waals surface area (Å²) in [5.41, 5.74) is 0.0328. The number of alkyl carbamates (subject to hydrolysis) is 1. The van der Waals surface area contributed by atoms with Gasteiger partial charge in [-0.1, -0.05) is 6.08 Å². The molecule has 1 amide bonds. The van der Waals surface area contributed by atoms with E-state index in [0.717, 1.165) is 11.0 Å². The monoisotopic (exact) mass is 375 g/mol. The maximum Gasteiger partial charge on any atom is 0.492 e. The fourth-order valence-corrected chi connectivity index (χ4v) is 2.38. The molecule has 1 aliphatic heterocycles. The lowest BCUT2D eigenvalue weighted by atomic mass is 9.77. The maximum atomic E-state index is 12.1. The van der Waals surface area contributed by atoms with E-state index >= 15 is 0 Å². The number of rotatable bonds is 4. The molecule has 1 aromatic rings. The van der Waals surface area contributed by atoms with Gasteiger partial charge in [0.1, 0.15) is 11.4 Å². The van der Waals surface area contributed by atoms with Crippen molar-refractivity contribution in [3.05, 3.63) is 29.3 Å². The Kier molecular flexibility index (Phi) is 6.02. The van der Waals surface area contributed by atoms with Crippen LogP contribution in [-0.4, -0.2) is 46.5 Å². The lowest BCUT2D eigenvalue weighted by molar-refractivity contribution is 0.00578. The topological polar surface area (TPSA) is 82.6 Å². The molecule has 1 aliphatic rings. The molecule has 27 heavy (non-hydrogen) atoms. The number of amides is 1. The van der Waals surface area contributed by atoms with E-state index in [1.54, 1.807) is 12.4 Å². The molecule has 148 valence electrons. The number of aryl methyl sites for hydroxylation is 1. The first kappa shape index (κ1) is 21.4. The Bertz CT molecular complexity index is 693. The van der Waals surface area contributed by atoms with E-state index in [-0.39, 0.29) is 6.54 Å². The summed E-state index contributed by atoms with van der Waals surface area (Å²) in [6, 6.07) is 0. The van der Waals surface area contributed by atoms with Gasteiger partial charge < -0.3 is 19.4 Å². The Hall–Kier alpha value is -1.93. The van der Waals surface area contributed by atoms with Gasteiger partial charge in [-0.15, -0.1) is 0 Å². The number of hydrogen-bond acceptors (Lipinski definition) is 6. The molecule has 0 saturated carbocycles. The molecule has 1 aromatic heterocycles. The zero-order valence-electron chi connectivity index (χ0n) is 17.5. The summed E-state index contributed by atoms with van der Waals surface area (Å²) in [6.45, 7) is 15.5. The molecule has 1 saturated heterocycles. The van der Waals surface area contributed by atoms with E-state index in [1.165, 1.54) is 0 Å². The first-order valence-corrected chi connectivity index (χ1v) is 9.11. The van der Waals surface area contributed by atoms with Gasteiger partial charge in [-0.25, -0.2) is 14.8 Å². The van der Waals surface area contributed by atoms with Crippen molar-refractivity contribution in [1.29, 1.82) is 0 Å². The second-order valence-corrected chi connectivity index (χ2v) is 8.73. The van der Waals surface area contributed by atoms with Crippen LogP contribution in [0.15, 0.2) is 17.9 Å². The quantitative estimate of drug-likeness (QED) is 0.813. The van der Waals surface area contributed by atoms with Gasteiger partial charge in [0.05, 0.1) is 11.2 Å². The van der Waals surface area contributed by atoms with Crippen molar-refractivity contribution < 1.29 is 18.8 Å². The highest BCUT2D eigenvalue weighted by Gasteiger charge is 2.52. The number of carbonyl (C=O) groups is 1. The third kappa shape index (κ3) is 5.77. The van der Waals surface area contributed by atoms with Crippen LogP contribution in [-0.2, 0) is 14.0 Å². The first-order chi connectivity index (χ1) is 12.3. The van der Waals surface area contributed by atoms with Crippen molar-refractivity contribution in [2.24, 2.45) is 0 Å². The van der Waals surface area contributed by atoms with Crippen LogP contribution in [0, 0.1) is 6.92 Å². The number of aromatic nitrogens is 2. The highest BCUT2D eigenvalue weighted by molar-refractivity contribution is 6.56. The van der Waals surface area contributed by atoms with Gasteiger partial charge in [0, 0.05) is 24.5 Å². The number of carbonyl (C=O) groups excluding carboxylic acids is 1. The van der Waals surface area contributed by atoms with E-state index in [1.807, 2.05) is 61.5 Å². The highest BCUT2D eigenvalue weighted by Crippen LogP contribution is 2.38. The summed E-state index contributed by atoms with van der Waals surface area (Å²) >= 11 is 0. The second kappa shape index (κ2) is 7.60. The number of nitrogens with one attached hydrogen (secondary N) is 1. The molecule has 0 aliphatic carbocycles. The van der Waals surface area contributed by atoms with Crippen LogP contribution in [0.2, 0.25) is 0 Å². The van der Waals surface area contributed by atoms with Gasteiger partial charge >= 0.3 is 13.2 Å². The minimum atomic E-state index is -0.591. The fourth-order valence-electron chi connectivity index (χ4n) is 2.38. The van der Waals surface area contributed by atoms with Crippen LogP contribution < -0.4 is 5.32 Å². The van der Waals surface area contributed by atoms with Gasteiger partial charge in [0.2, 0.25) is 0 Å². The second-order valence-electron chi connectivity index (χ2n) is 8.73. The minimum Gasteiger partial charge on any atom is -0.444 e. The predicted molar refractivity (Wildman–Crippen MR) is 105 cm³/mol. The van der Waals surface area contributed by atoms with Gasteiger partial charge in [0.15, 0.2) is 0 Å². The summed E-state index contributed by atoms with van der Waals surface area (Å²) in [5, 5.41) is 2.77. The zero-order chi connectivity index (χ0) is 20.5. The van der Waals surface area contributed by atoms with Gasteiger partial charge in [-0.05, 0) is 60.9 Å². The van der Waals surface area contributed by atoms with E-state index < -0.39 is 30.0 Å². The van der Waals surface area contributed by atoms with E-state index in [2.05, 4.69) is 15.3 Å². The standard InChI is InChI=1S/C19H30BN3O4/c1-13-21-10-14(11-22-13)9-15(12-23-16(24)25-17(2,3)4)20-26-18(5,6)19(7,8)27-20/h9-11H,12H2,1-8H3,(H,23,24). The fraction of sp³-hybridized carbons (Fsp3) is 0.632. The van der Waals surface area contributed by atoms with Crippen molar-refractivity contribution >= 4 is 19.3 Å². The van der Waals surface area contributed by atoms with E-state index in [0.29, 0.717) is 5.82 Å². The normalized spacial score (nSPS) is 19.1. The third-order valence-corrected chi connectivity index (χ3v) is 4.54. The van der Waals surface area contributed by atoms with Gasteiger partial charge in [0.25, 0.3) is 0 Å². The molecule has 0 radical (unpaired) electrons. The summed E-state index contributed by atoms with van der Waals surface area (Å²) in [6.07, 6.45) is 4.83. The number of nitrogens with zero attached hydrogens (tertiary/aromatic N) is 2. The van der Waals surface area contributed by atoms with Crippen molar-refractivity contribution in [2.45, 2.75) is 72.2 Å². The smallest absolute Gasteiger partial charge is 0.444 e. The van der Waals surface area contributed by atoms with Gasteiger partial charge in [-0.2, -0.15) is 0 Å². The summed E-state index contributed by atoms with van der Waals surface area (Å²) < 4.78 is 17.6. The largest absolute Gasteiger partial charge is 0.492 e. The lowest BCUT2D eigenvalue weighted by Crippen LogP contribution is -2.41. The Labute approximate surface area is 162 Å². The van der Waals surface area contributed by atoms with Crippen LogP contribution in [0.4, 0.5) is 4.79 Å². The Morgan fingerprint density at radius 1 is 1.19 bits per heavy atom. The minimum absolute atomic E-state index is 0.222. The average molecular weight is 375 g/mol. The average Bonchev–Trinajstić information content (AvgIpc) is 2.72. The first-order valence-electron chi connectivity index (χ1n) is 9.11. The molecule has 1 N–H and O–H groups in total. The highest BCUT2D eigenvalue weighted by atomic mass is 16.7. The molecule has 0 unspecified atom stereocenters. The van der Waals surface area contributed by atoms with E-state index in [9.17, 15) is 4.79 Å². The maximum absolute atomic E-state index is 12.1. The molecule has 2 heterocycles. The Morgan fingerprint density at radius 3 is 2.19 bits per heavy atom. The van der Waals surface area contributed by atoms with Crippen molar-refractivity contribution in [3.8, 4) is 0 Å². The Morgan fingerprint density at radius 2 is 1.70 bits per heavy atom. The predicted octanol–water partition coefficient (Wildman–Crippen LogP) is 3.32. The molecule has 0 atom stereocenters. The summed E-state index contributed by atoms with van der Waals surface area (Å²) in [7, 11) is -0.591. The Balaban J connectivity index is 2.22. The third-order valence-electron chi connectivity index (χ3n) is 4.54. The van der Waals surface area contributed by atoms with Gasteiger partial charge in [-0.3, -0.25) is 0 Å².